The topological polar surface area (TPSA) is 111 Å². The van der Waals surface area contributed by atoms with Gasteiger partial charge in [-0.15, -0.1) is 10.2 Å². The molecule has 2 N–H and O–H groups in total. The third-order valence-corrected chi connectivity index (χ3v) is 4.64. The third kappa shape index (κ3) is 3.48. The molecule has 0 unspecified atom stereocenters. The molecule has 1 amide bonds. The maximum Gasteiger partial charge on any atom is 0.270 e. The Morgan fingerprint density at radius 2 is 2.00 bits per heavy atom. The van der Waals surface area contributed by atoms with Gasteiger partial charge in [0.05, 0.1) is 11.9 Å². The highest BCUT2D eigenvalue weighted by atomic mass is 16.4. The minimum absolute atomic E-state index is 0.152. The Hall–Kier alpha value is -3.55. The predicted molar refractivity (Wildman–Crippen MR) is 105 cm³/mol. The summed E-state index contributed by atoms with van der Waals surface area (Å²) in [6, 6.07) is 9.49. The quantitative estimate of drug-likeness (QED) is 0.745. The number of nitrogen functional groups attached to an aromatic ring is 1. The Bertz CT molecular complexity index is 1030. The molecule has 142 valence electrons. The second-order valence-electron chi connectivity index (χ2n) is 6.44. The van der Waals surface area contributed by atoms with Gasteiger partial charge in [0.15, 0.2) is 11.5 Å². The summed E-state index contributed by atoms with van der Waals surface area (Å²) >= 11 is 0. The van der Waals surface area contributed by atoms with E-state index in [1.807, 2.05) is 48.2 Å². The van der Waals surface area contributed by atoms with Crippen LogP contribution in [0.15, 0.2) is 47.0 Å². The molecule has 1 aliphatic heterocycles. The molecule has 0 saturated heterocycles. The van der Waals surface area contributed by atoms with Crippen LogP contribution in [0.2, 0.25) is 0 Å². The first-order valence-corrected chi connectivity index (χ1v) is 9.14. The SMILES string of the molecule is CCC(=O)N1CC=C(c2cnc(N)c(-c3nnc(-c4ccccc4)o3)n2)CC1. The van der Waals surface area contributed by atoms with Gasteiger partial charge in [0.25, 0.3) is 5.89 Å². The van der Waals surface area contributed by atoms with E-state index in [4.69, 9.17) is 10.2 Å². The molecule has 3 aromatic rings. The lowest BCUT2D eigenvalue weighted by atomic mass is 10.0. The van der Waals surface area contributed by atoms with Crippen molar-refractivity contribution in [3.8, 4) is 23.0 Å². The number of nitrogens with zero attached hydrogens (tertiary/aromatic N) is 5. The second kappa shape index (κ2) is 7.59. The van der Waals surface area contributed by atoms with Crippen LogP contribution in [0.1, 0.15) is 25.5 Å². The minimum Gasteiger partial charge on any atom is -0.414 e. The number of anilines is 1. The number of hydrogen-bond donors (Lipinski definition) is 1. The Balaban J connectivity index is 1.61. The molecule has 0 spiro atoms. The standard InChI is InChI=1S/C20H20N6O2/c1-2-16(27)26-10-8-13(9-11-26)15-12-22-18(21)17(23-15)20-25-24-19(28-20)14-6-4-3-5-7-14/h3-8,12H,2,9-11H2,1H3,(H2,21,22). The van der Waals surface area contributed by atoms with Gasteiger partial charge in [-0.3, -0.25) is 4.79 Å². The molecule has 0 fully saturated rings. The number of nitrogens with two attached hydrogens (primary N) is 1. The zero-order chi connectivity index (χ0) is 19.5. The van der Waals surface area contributed by atoms with Crippen LogP contribution in [0, 0.1) is 0 Å². The van der Waals surface area contributed by atoms with Crippen LogP contribution in [0.5, 0.6) is 0 Å². The molecule has 8 heteroatoms. The fourth-order valence-corrected chi connectivity index (χ4v) is 3.08. The molecular weight excluding hydrogens is 356 g/mol. The molecule has 0 atom stereocenters. The van der Waals surface area contributed by atoms with Crippen molar-refractivity contribution in [3.05, 3.63) is 48.3 Å². The molecule has 8 nitrogen and oxygen atoms in total. The van der Waals surface area contributed by atoms with Crippen molar-refractivity contribution in [3.63, 3.8) is 0 Å². The maximum atomic E-state index is 11.8. The Kier molecular flexibility index (Phi) is 4.84. The first-order chi connectivity index (χ1) is 13.7. The van der Waals surface area contributed by atoms with Crippen molar-refractivity contribution in [1.29, 1.82) is 0 Å². The molecule has 1 aliphatic rings. The number of hydrogen-bond acceptors (Lipinski definition) is 7. The molecule has 0 radical (unpaired) electrons. The first-order valence-electron chi connectivity index (χ1n) is 9.14. The maximum absolute atomic E-state index is 11.8. The van der Waals surface area contributed by atoms with E-state index in [2.05, 4.69) is 20.2 Å². The highest BCUT2D eigenvalue weighted by Gasteiger charge is 2.20. The van der Waals surface area contributed by atoms with E-state index in [0.29, 0.717) is 43.2 Å². The van der Waals surface area contributed by atoms with Gasteiger partial charge >= 0.3 is 0 Å². The lowest BCUT2D eigenvalue weighted by Gasteiger charge is -2.26. The van der Waals surface area contributed by atoms with Crippen LogP contribution in [-0.4, -0.2) is 44.1 Å². The predicted octanol–water partition coefficient (Wildman–Crippen LogP) is 2.80. The lowest BCUT2D eigenvalue weighted by Crippen LogP contribution is -2.34. The molecule has 28 heavy (non-hydrogen) atoms. The molecule has 0 aliphatic carbocycles. The molecule has 3 heterocycles. The van der Waals surface area contributed by atoms with E-state index in [1.54, 1.807) is 6.20 Å². The van der Waals surface area contributed by atoms with Crippen molar-refractivity contribution < 1.29 is 9.21 Å². The average molecular weight is 376 g/mol. The molecule has 4 rings (SSSR count). The summed E-state index contributed by atoms with van der Waals surface area (Å²) in [6.45, 7) is 3.11. The Morgan fingerprint density at radius 1 is 1.21 bits per heavy atom. The van der Waals surface area contributed by atoms with Gasteiger partial charge in [-0.1, -0.05) is 31.2 Å². The van der Waals surface area contributed by atoms with Crippen LogP contribution in [0.3, 0.4) is 0 Å². The van der Waals surface area contributed by atoms with Crippen molar-refractivity contribution in [2.24, 2.45) is 0 Å². The average Bonchev–Trinajstić information content (AvgIpc) is 3.24. The highest BCUT2D eigenvalue weighted by molar-refractivity contribution is 5.78. The minimum atomic E-state index is 0.152. The number of rotatable bonds is 4. The second-order valence-corrected chi connectivity index (χ2v) is 6.44. The summed E-state index contributed by atoms with van der Waals surface area (Å²) in [4.78, 5) is 22.5. The van der Waals surface area contributed by atoms with Crippen molar-refractivity contribution in [1.82, 2.24) is 25.1 Å². The number of aromatic nitrogens is 4. The van der Waals surface area contributed by atoms with Gasteiger partial charge in [-0.2, -0.15) is 0 Å². The number of carbonyl (C=O) groups is 1. The molecule has 2 aromatic heterocycles. The van der Waals surface area contributed by atoms with Crippen LogP contribution in [0.25, 0.3) is 28.6 Å². The van der Waals surface area contributed by atoms with Crippen molar-refractivity contribution in [2.45, 2.75) is 19.8 Å². The van der Waals surface area contributed by atoms with Crippen molar-refractivity contribution >= 4 is 17.3 Å². The van der Waals surface area contributed by atoms with E-state index in [0.717, 1.165) is 11.1 Å². The monoisotopic (exact) mass is 376 g/mol. The largest absolute Gasteiger partial charge is 0.414 e. The van der Waals surface area contributed by atoms with E-state index in [9.17, 15) is 4.79 Å². The van der Waals surface area contributed by atoms with Gasteiger partial charge in [0.1, 0.15) is 0 Å². The molecule has 0 saturated carbocycles. The lowest BCUT2D eigenvalue weighted by molar-refractivity contribution is -0.130. The zero-order valence-corrected chi connectivity index (χ0v) is 15.5. The smallest absolute Gasteiger partial charge is 0.270 e. The molecule has 0 bridgehead atoms. The zero-order valence-electron chi connectivity index (χ0n) is 15.5. The summed E-state index contributed by atoms with van der Waals surface area (Å²) < 4.78 is 5.76. The fraction of sp³-hybridized carbons (Fsp3) is 0.250. The van der Waals surface area contributed by atoms with Crippen LogP contribution in [0.4, 0.5) is 5.82 Å². The summed E-state index contributed by atoms with van der Waals surface area (Å²) in [5.41, 5.74) is 8.91. The molecule has 1 aromatic carbocycles. The summed E-state index contributed by atoms with van der Waals surface area (Å²) in [5.74, 6) is 1.00. The fourth-order valence-electron chi connectivity index (χ4n) is 3.08. The number of carbonyl (C=O) groups excluding carboxylic acids is 1. The normalized spacial score (nSPS) is 14.0. The Labute approximate surface area is 162 Å². The van der Waals surface area contributed by atoms with Gasteiger partial charge in [0.2, 0.25) is 11.8 Å². The summed E-state index contributed by atoms with van der Waals surface area (Å²) in [6.07, 6.45) is 4.86. The number of amides is 1. The van der Waals surface area contributed by atoms with Gasteiger partial charge in [-0.25, -0.2) is 9.97 Å². The van der Waals surface area contributed by atoms with Gasteiger partial charge in [-0.05, 0) is 24.1 Å². The van der Waals surface area contributed by atoms with E-state index in [-0.39, 0.29) is 17.6 Å². The first kappa shape index (κ1) is 17.8. The highest BCUT2D eigenvalue weighted by Crippen LogP contribution is 2.28. The van der Waals surface area contributed by atoms with E-state index in [1.165, 1.54) is 0 Å². The van der Waals surface area contributed by atoms with Gasteiger partial charge < -0.3 is 15.1 Å². The Morgan fingerprint density at radius 3 is 2.71 bits per heavy atom. The van der Waals surface area contributed by atoms with Crippen LogP contribution in [-0.2, 0) is 4.79 Å². The van der Waals surface area contributed by atoms with Crippen LogP contribution >= 0.6 is 0 Å². The summed E-state index contributed by atoms with van der Waals surface area (Å²) in [7, 11) is 0. The third-order valence-electron chi connectivity index (χ3n) is 4.64. The van der Waals surface area contributed by atoms with Crippen molar-refractivity contribution in [2.75, 3.05) is 18.8 Å². The van der Waals surface area contributed by atoms with E-state index >= 15 is 0 Å². The number of benzene rings is 1. The summed E-state index contributed by atoms with van der Waals surface area (Å²) in [5, 5.41) is 8.17. The van der Waals surface area contributed by atoms with Crippen LogP contribution < -0.4 is 5.73 Å². The molecular formula is C20H20N6O2. The van der Waals surface area contributed by atoms with E-state index < -0.39 is 0 Å². The van der Waals surface area contributed by atoms with Gasteiger partial charge in [0, 0.05) is 25.1 Å².